The zero-order valence-corrected chi connectivity index (χ0v) is 8.75. The largest absolute Gasteiger partial charge is 0.390 e. The third-order valence-electron chi connectivity index (χ3n) is 1.38. The van der Waals surface area contributed by atoms with Crippen molar-refractivity contribution in [1.29, 1.82) is 0 Å². The number of hydrogen-bond donors (Lipinski definition) is 1. The van der Waals surface area contributed by atoms with Crippen LogP contribution in [-0.2, 0) is 28.7 Å². The van der Waals surface area contributed by atoms with Gasteiger partial charge in [-0.15, -0.1) is 0 Å². The minimum atomic E-state index is -1.90. The smallest absolute Gasteiger partial charge is 0.343 e. The van der Waals surface area contributed by atoms with Crippen molar-refractivity contribution >= 4 is 23.9 Å². The number of carbonyl (C=O) groups is 4. The Hall–Kier alpha value is -2.28. The monoisotopic (exact) mass is 242 g/mol. The van der Waals surface area contributed by atoms with E-state index in [0.29, 0.717) is 6.08 Å². The van der Waals surface area contributed by atoms with E-state index in [-0.39, 0.29) is 0 Å². The van der Waals surface area contributed by atoms with Crippen LogP contribution in [-0.4, -0.2) is 35.1 Å². The lowest BCUT2D eigenvalue weighted by Crippen LogP contribution is -2.28. The van der Waals surface area contributed by atoms with Crippen LogP contribution in [0.15, 0.2) is 25.3 Å². The van der Waals surface area contributed by atoms with E-state index in [1.165, 1.54) is 0 Å². The molecular weight excluding hydrogens is 232 g/mol. The zero-order chi connectivity index (χ0) is 13.4. The molecule has 0 aromatic rings. The highest BCUT2D eigenvalue weighted by Crippen LogP contribution is 1.99. The van der Waals surface area contributed by atoms with Crippen molar-refractivity contribution in [2.24, 2.45) is 0 Å². The normalized spacial score (nSPS) is 10.9. The molecule has 1 atom stereocenters. The summed E-state index contributed by atoms with van der Waals surface area (Å²) in [6.45, 7) is 6.07. The second-order valence-electron chi connectivity index (χ2n) is 2.66. The van der Waals surface area contributed by atoms with Crippen molar-refractivity contribution in [1.82, 2.24) is 0 Å². The molecule has 0 rings (SSSR count). The first kappa shape index (κ1) is 14.7. The molecule has 7 nitrogen and oxygen atoms in total. The van der Waals surface area contributed by atoms with E-state index in [2.05, 4.69) is 22.6 Å². The number of hydrogen-bond acceptors (Lipinski definition) is 7. The van der Waals surface area contributed by atoms with Crippen LogP contribution in [0.4, 0.5) is 0 Å². The van der Waals surface area contributed by atoms with Gasteiger partial charge >= 0.3 is 23.9 Å². The van der Waals surface area contributed by atoms with Gasteiger partial charge in [0.1, 0.15) is 0 Å². The van der Waals surface area contributed by atoms with E-state index in [0.717, 1.165) is 6.08 Å². The van der Waals surface area contributed by atoms with E-state index in [1.54, 1.807) is 0 Å². The molecule has 0 saturated heterocycles. The van der Waals surface area contributed by atoms with Crippen molar-refractivity contribution in [3.05, 3.63) is 25.3 Å². The molecule has 1 N–H and O–H groups in total. The summed E-state index contributed by atoms with van der Waals surface area (Å²) >= 11 is 0. The Labute approximate surface area is 96.3 Å². The van der Waals surface area contributed by atoms with Gasteiger partial charge in [-0.25, -0.2) is 14.4 Å². The molecule has 0 bridgehead atoms. The van der Waals surface area contributed by atoms with Crippen LogP contribution in [0.2, 0.25) is 0 Å². The van der Waals surface area contributed by atoms with E-state index in [1.807, 2.05) is 0 Å². The predicted molar refractivity (Wildman–Crippen MR) is 53.2 cm³/mol. The number of aliphatic hydroxyl groups is 1. The van der Waals surface area contributed by atoms with Crippen molar-refractivity contribution in [3.63, 3.8) is 0 Å². The molecule has 0 saturated carbocycles. The molecule has 0 aromatic carbocycles. The average Bonchev–Trinajstić information content (AvgIpc) is 2.28. The first-order chi connectivity index (χ1) is 7.90. The highest BCUT2D eigenvalue weighted by molar-refractivity contribution is 5.96. The summed E-state index contributed by atoms with van der Waals surface area (Å²) in [7, 11) is 0. The fourth-order valence-corrected chi connectivity index (χ4v) is 0.646. The molecule has 0 aliphatic carbocycles. The first-order valence-electron chi connectivity index (χ1n) is 4.34. The molecule has 0 aliphatic rings. The van der Waals surface area contributed by atoms with Crippen LogP contribution in [0.1, 0.15) is 6.42 Å². The van der Waals surface area contributed by atoms with Crippen LogP contribution < -0.4 is 0 Å². The van der Waals surface area contributed by atoms with Gasteiger partial charge in [0, 0.05) is 12.2 Å². The molecule has 0 spiro atoms. The first-order valence-corrected chi connectivity index (χ1v) is 4.34. The summed E-state index contributed by atoms with van der Waals surface area (Å²) in [6.07, 6.45) is -1.26. The Kier molecular flexibility index (Phi) is 6.12. The minimum absolute atomic E-state index is 0.712. The topological polar surface area (TPSA) is 107 Å². The van der Waals surface area contributed by atoms with Gasteiger partial charge in [-0.3, -0.25) is 4.79 Å². The summed E-state index contributed by atoms with van der Waals surface area (Å²) in [4.78, 5) is 43.0. The lowest BCUT2D eigenvalue weighted by Gasteiger charge is -2.06. The fraction of sp³-hybridized carbons (Fsp3) is 0.200. The minimum Gasteiger partial charge on any atom is -0.390 e. The summed E-state index contributed by atoms with van der Waals surface area (Å²) in [5.74, 6) is -4.56. The zero-order valence-electron chi connectivity index (χ0n) is 8.75. The maximum absolute atomic E-state index is 10.9. The van der Waals surface area contributed by atoms with Crippen molar-refractivity contribution in [3.8, 4) is 0 Å². The fourth-order valence-electron chi connectivity index (χ4n) is 0.646. The predicted octanol–water partition coefficient (Wildman–Crippen LogP) is -0.751. The number of ether oxygens (including phenoxy) is 2. The van der Waals surface area contributed by atoms with Gasteiger partial charge in [-0.05, 0) is 0 Å². The molecule has 7 heteroatoms. The number of esters is 4. The van der Waals surface area contributed by atoms with Gasteiger partial charge < -0.3 is 14.6 Å². The lowest BCUT2D eigenvalue weighted by atomic mass is 10.2. The van der Waals surface area contributed by atoms with Gasteiger partial charge in [-0.1, -0.05) is 13.2 Å². The Morgan fingerprint density at radius 2 is 1.53 bits per heavy atom. The van der Waals surface area contributed by atoms with Crippen LogP contribution in [0.25, 0.3) is 0 Å². The van der Waals surface area contributed by atoms with E-state index in [9.17, 15) is 19.2 Å². The molecular formula is C10H10O7. The second kappa shape index (κ2) is 7.07. The van der Waals surface area contributed by atoms with Gasteiger partial charge in [0.25, 0.3) is 0 Å². The molecule has 0 radical (unpaired) electrons. The average molecular weight is 242 g/mol. The van der Waals surface area contributed by atoms with Gasteiger partial charge in [-0.2, -0.15) is 0 Å². The Balaban J connectivity index is 4.20. The molecule has 0 fully saturated rings. The summed E-state index contributed by atoms with van der Waals surface area (Å²) < 4.78 is 8.12. The van der Waals surface area contributed by atoms with Crippen molar-refractivity contribution in [2.75, 3.05) is 0 Å². The lowest BCUT2D eigenvalue weighted by molar-refractivity contribution is -0.168. The van der Waals surface area contributed by atoms with E-state index < -0.39 is 36.4 Å². The van der Waals surface area contributed by atoms with Gasteiger partial charge in [0.05, 0.1) is 6.42 Å². The maximum atomic E-state index is 10.9. The highest BCUT2D eigenvalue weighted by Gasteiger charge is 2.23. The maximum Gasteiger partial charge on any atom is 0.343 e. The Morgan fingerprint density at radius 1 is 1.06 bits per heavy atom. The van der Waals surface area contributed by atoms with Gasteiger partial charge in [0.2, 0.25) is 0 Å². The molecule has 0 aliphatic heterocycles. The van der Waals surface area contributed by atoms with Crippen molar-refractivity contribution < 1.29 is 33.8 Å². The number of aliphatic hydroxyl groups excluding tert-OH is 1. The van der Waals surface area contributed by atoms with E-state index in [4.69, 9.17) is 5.11 Å². The van der Waals surface area contributed by atoms with Crippen LogP contribution in [0.5, 0.6) is 0 Å². The van der Waals surface area contributed by atoms with Gasteiger partial charge in [0.15, 0.2) is 6.10 Å². The van der Waals surface area contributed by atoms with E-state index >= 15 is 0 Å². The molecule has 17 heavy (non-hydrogen) atoms. The quantitative estimate of drug-likeness (QED) is 0.384. The molecule has 92 valence electrons. The van der Waals surface area contributed by atoms with Crippen LogP contribution in [0.3, 0.4) is 0 Å². The number of carbonyl (C=O) groups excluding carboxylic acids is 4. The third-order valence-corrected chi connectivity index (χ3v) is 1.38. The standard InChI is InChI=1S/C10H10O7/c1-3-7(12)16-9(14)5-6(11)10(15)17-8(13)4-2/h3-4,6,11H,1-2,5H2. The molecule has 0 aromatic heterocycles. The second-order valence-corrected chi connectivity index (χ2v) is 2.66. The number of rotatable bonds is 5. The summed E-state index contributed by atoms with van der Waals surface area (Å²) in [6, 6.07) is 0. The summed E-state index contributed by atoms with van der Waals surface area (Å²) in [5.41, 5.74) is 0. The highest BCUT2D eigenvalue weighted by atomic mass is 16.6. The SMILES string of the molecule is C=CC(=O)OC(=O)CC(O)C(=O)OC(=O)C=C. The summed E-state index contributed by atoms with van der Waals surface area (Å²) in [5, 5.41) is 9.12. The van der Waals surface area contributed by atoms with Crippen LogP contribution in [0, 0.1) is 0 Å². The van der Waals surface area contributed by atoms with Crippen molar-refractivity contribution in [2.45, 2.75) is 12.5 Å². The molecule has 0 heterocycles. The third kappa shape index (κ3) is 6.00. The Morgan fingerprint density at radius 3 is 2.00 bits per heavy atom. The molecule has 1 unspecified atom stereocenters. The Bertz CT molecular complexity index is 369. The molecule has 0 amide bonds. The van der Waals surface area contributed by atoms with Crippen LogP contribution >= 0.6 is 0 Å².